The van der Waals surface area contributed by atoms with E-state index in [1.165, 1.54) is 0 Å². The quantitative estimate of drug-likeness (QED) is 0.798. The molecule has 3 nitrogen and oxygen atoms in total. The maximum atomic E-state index is 9.79. The smallest absolute Gasteiger partial charge is 0.128 e. The molecule has 0 bridgehead atoms. The number of aliphatic hydroxyl groups is 1. The van der Waals surface area contributed by atoms with Crippen LogP contribution in [-0.2, 0) is 6.42 Å². The van der Waals surface area contributed by atoms with Gasteiger partial charge in [0, 0.05) is 18.8 Å². The molecule has 1 atom stereocenters. The molecule has 1 N–H and O–H groups in total. The van der Waals surface area contributed by atoms with E-state index in [-0.39, 0.29) is 11.5 Å². The van der Waals surface area contributed by atoms with Crippen LogP contribution in [0.25, 0.3) is 0 Å². The van der Waals surface area contributed by atoms with Crippen molar-refractivity contribution in [1.82, 2.24) is 9.97 Å². The SMILES string of the molecule is CC(C)(C)C(O)CCc1ncccn1. The molecule has 3 heteroatoms. The van der Waals surface area contributed by atoms with Gasteiger partial charge in [0.05, 0.1) is 6.10 Å². The molecule has 14 heavy (non-hydrogen) atoms. The number of aromatic nitrogens is 2. The summed E-state index contributed by atoms with van der Waals surface area (Å²) in [5.41, 5.74) is -0.0607. The van der Waals surface area contributed by atoms with E-state index in [1.54, 1.807) is 18.5 Å². The first-order valence-electron chi connectivity index (χ1n) is 4.94. The third kappa shape index (κ3) is 3.42. The largest absolute Gasteiger partial charge is 0.393 e. The van der Waals surface area contributed by atoms with Gasteiger partial charge in [0.15, 0.2) is 0 Å². The van der Waals surface area contributed by atoms with E-state index in [0.29, 0.717) is 6.42 Å². The summed E-state index contributed by atoms with van der Waals surface area (Å²) in [4.78, 5) is 8.22. The van der Waals surface area contributed by atoms with E-state index < -0.39 is 0 Å². The summed E-state index contributed by atoms with van der Waals surface area (Å²) in [6.07, 6.45) is 4.61. The maximum absolute atomic E-state index is 9.79. The molecule has 1 heterocycles. The van der Waals surface area contributed by atoms with E-state index >= 15 is 0 Å². The molecule has 1 aromatic heterocycles. The molecular formula is C11H18N2O. The number of rotatable bonds is 3. The van der Waals surface area contributed by atoms with E-state index in [2.05, 4.69) is 9.97 Å². The minimum Gasteiger partial charge on any atom is -0.393 e. The minimum absolute atomic E-state index is 0.0607. The Morgan fingerprint density at radius 3 is 2.36 bits per heavy atom. The second-order valence-corrected chi connectivity index (χ2v) is 4.59. The molecule has 0 fully saturated rings. The third-order valence-electron chi connectivity index (χ3n) is 2.26. The van der Waals surface area contributed by atoms with Gasteiger partial charge in [0.2, 0.25) is 0 Å². The van der Waals surface area contributed by atoms with Crippen molar-refractivity contribution in [2.45, 2.75) is 39.7 Å². The number of hydrogen-bond acceptors (Lipinski definition) is 3. The summed E-state index contributed by atoms with van der Waals surface area (Å²) in [6.45, 7) is 6.09. The lowest BCUT2D eigenvalue weighted by molar-refractivity contribution is 0.0555. The Morgan fingerprint density at radius 2 is 1.86 bits per heavy atom. The summed E-state index contributed by atoms with van der Waals surface area (Å²) < 4.78 is 0. The average Bonchev–Trinajstić information content (AvgIpc) is 2.14. The van der Waals surface area contributed by atoms with Gasteiger partial charge in [-0.05, 0) is 17.9 Å². The van der Waals surface area contributed by atoms with Crippen molar-refractivity contribution in [2.75, 3.05) is 0 Å². The monoisotopic (exact) mass is 194 g/mol. The first-order chi connectivity index (χ1) is 6.50. The molecule has 1 unspecified atom stereocenters. The van der Waals surface area contributed by atoms with Crippen LogP contribution in [-0.4, -0.2) is 21.2 Å². The molecule has 0 saturated carbocycles. The zero-order valence-corrected chi connectivity index (χ0v) is 9.07. The summed E-state index contributed by atoms with van der Waals surface area (Å²) >= 11 is 0. The molecular weight excluding hydrogens is 176 g/mol. The summed E-state index contributed by atoms with van der Waals surface area (Å²) in [6, 6.07) is 1.80. The number of nitrogens with zero attached hydrogens (tertiary/aromatic N) is 2. The lowest BCUT2D eigenvalue weighted by Crippen LogP contribution is -2.26. The Bertz CT molecular complexity index is 266. The van der Waals surface area contributed by atoms with Crippen molar-refractivity contribution < 1.29 is 5.11 Å². The van der Waals surface area contributed by atoms with Crippen molar-refractivity contribution in [3.05, 3.63) is 24.3 Å². The van der Waals surface area contributed by atoms with Gasteiger partial charge in [0.1, 0.15) is 5.82 Å². The third-order valence-corrected chi connectivity index (χ3v) is 2.26. The second kappa shape index (κ2) is 4.51. The molecule has 1 aromatic rings. The highest BCUT2D eigenvalue weighted by Gasteiger charge is 2.21. The van der Waals surface area contributed by atoms with Crippen LogP contribution in [0.1, 0.15) is 33.0 Å². The fourth-order valence-electron chi connectivity index (χ4n) is 1.16. The minimum atomic E-state index is -0.300. The van der Waals surface area contributed by atoms with Gasteiger partial charge in [-0.1, -0.05) is 20.8 Å². The molecule has 0 amide bonds. The summed E-state index contributed by atoms with van der Waals surface area (Å²) in [7, 11) is 0. The Hall–Kier alpha value is -0.960. The van der Waals surface area contributed by atoms with Gasteiger partial charge in [0.25, 0.3) is 0 Å². The van der Waals surface area contributed by atoms with Crippen molar-refractivity contribution in [3.63, 3.8) is 0 Å². The van der Waals surface area contributed by atoms with Crippen molar-refractivity contribution >= 4 is 0 Å². The first kappa shape index (κ1) is 11.1. The Balaban J connectivity index is 2.42. The van der Waals surface area contributed by atoms with Crippen LogP contribution in [0, 0.1) is 5.41 Å². The Kier molecular flexibility index (Phi) is 3.58. The van der Waals surface area contributed by atoms with Crippen molar-refractivity contribution in [1.29, 1.82) is 0 Å². The van der Waals surface area contributed by atoms with Crippen LogP contribution in [0.2, 0.25) is 0 Å². The van der Waals surface area contributed by atoms with Crippen LogP contribution in [0.4, 0.5) is 0 Å². The fourth-order valence-corrected chi connectivity index (χ4v) is 1.16. The van der Waals surface area contributed by atoms with Crippen LogP contribution in [0.3, 0.4) is 0 Å². The molecule has 0 saturated heterocycles. The molecule has 78 valence electrons. The van der Waals surface area contributed by atoms with Gasteiger partial charge < -0.3 is 5.11 Å². The van der Waals surface area contributed by atoms with E-state index in [1.807, 2.05) is 20.8 Å². The molecule has 0 radical (unpaired) electrons. The normalized spacial score (nSPS) is 14.0. The van der Waals surface area contributed by atoms with Crippen molar-refractivity contribution in [3.8, 4) is 0 Å². The summed E-state index contributed by atoms with van der Waals surface area (Å²) in [5.74, 6) is 0.802. The topological polar surface area (TPSA) is 46.0 Å². The average molecular weight is 194 g/mol. The van der Waals surface area contributed by atoms with Crippen LogP contribution in [0.15, 0.2) is 18.5 Å². The van der Waals surface area contributed by atoms with Crippen molar-refractivity contribution in [2.24, 2.45) is 5.41 Å². The Labute approximate surface area is 85.2 Å². The predicted molar refractivity (Wildman–Crippen MR) is 55.8 cm³/mol. The number of aliphatic hydroxyl groups excluding tert-OH is 1. The summed E-state index contributed by atoms with van der Waals surface area (Å²) in [5, 5.41) is 9.79. The van der Waals surface area contributed by atoms with Gasteiger partial charge in [-0.25, -0.2) is 9.97 Å². The van der Waals surface area contributed by atoms with E-state index in [4.69, 9.17) is 0 Å². The highest BCUT2D eigenvalue weighted by molar-refractivity contribution is 4.89. The molecule has 0 aromatic carbocycles. The van der Waals surface area contributed by atoms with Crippen LogP contribution in [0.5, 0.6) is 0 Å². The first-order valence-corrected chi connectivity index (χ1v) is 4.94. The van der Waals surface area contributed by atoms with Gasteiger partial charge in [-0.2, -0.15) is 0 Å². The molecule has 0 aliphatic carbocycles. The van der Waals surface area contributed by atoms with Crippen LogP contribution >= 0.6 is 0 Å². The lowest BCUT2D eigenvalue weighted by atomic mass is 9.86. The predicted octanol–water partition coefficient (Wildman–Crippen LogP) is 1.82. The fraction of sp³-hybridized carbons (Fsp3) is 0.636. The molecule has 0 aliphatic rings. The van der Waals surface area contributed by atoms with Gasteiger partial charge in [-0.15, -0.1) is 0 Å². The standard InChI is InChI=1S/C11H18N2O/c1-11(2,3)9(14)5-6-10-12-7-4-8-13-10/h4,7-9,14H,5-6H2,1-3H3. The van der Waals surface area contributed by atoms with Gasteiger partial charge >= 0.3 is 0 Å². The molecule has 1 rings (SSSR count). The lowest BCUT2D eigenvalue weighted by Gasteiger charge is -2.25. The molecule has 0 aliphatic heterocycles. The van der Waals surface area contributed by atoms with Gasteiger partial charge in [-0.3, -0.25) is 0 Å². The van der Waals surface area contributed by atoms with E-state index in [0.717, 1.165) is 12.2 Å². The second-order valence-electron chi connectivity index (χ2n) is 4.59. The van der Waals surface area contributed by atoms with Crippen LogP contribution < -0.4 is 0 Å². The molecule has 0 spiro atoms. The Morgan fingerprint density at radius 1 is 1.29 bits per heavy atom. The van der Waals surface area contributed by atoms with E-state index in [9.17, 15) is 5.11 Å². The number of hydrogen-bond donors (Lipinski definition) is 1. The zero-order valence-electron chi connectivity index (χ0n) is 9.07. The highest BCUT2D eigenvalue weighted by atomic mass is 16.3. The number of aryl methyl sites for hydroxylation is 1. The maximum Gasteiger partial charge on any atom is 0.128 e. The zero-order chi connectivity index (χ0) is 10.6. The highest BCUT2D eigenvalue weighted by Crippen LogP contribution is 2.22.